The van der Waals surface area contributed by atoms with E-state index in [0.717, 1.165) is 3.92 Å². The molecule has 0 spiro atoms. The molecule has 0 fully saturated rings. The van der Waals surface area contributed by atoms with Crippen LogP contribution in [0.15, 0.2) is 0 Å². The zero-order valence-electron chi connectivity index (χ0n) is 5.75. The predicted octanol–water partition coefficient (Wildman–Crippen LogP) is 1.32. The first-order valence-corrected chi connectivity index (χ1v) is 4.10. The monoisotopic (exact) mass is 243 g/mol. The fraction of sp³-hybridized carbons (Fsp3) is 1.00. The Morgan fingerprint density at radius 1 is 1.00 bits per heavy atom. The summed E-state index contributed by atoms with van der Waals surface area (Å²) < 4.78 is 59.2. The van der Waals surface area contributed by atoms with Gasteiger partial charge in [-0.05, 0) is 0 Å². The average Bonchev–Trinajstić information content (AvgIpc) is 1.56. The number of hydrogen-bond acceptors (Lipinski definition) is 1. The van der Waals surface area contributed by atoms with E-state index in [4.69, 9.17) is 0 Å². The van der Waals surface area contributed by atoms with Crippen LogP contribution in [-0.2, 0) is 0 Å². The van der Waals surface area contributed by atoms with Crippen LogP contribution < -0.4 is 0 Å². The maximum absolute atomic E-state index is 12.0. The van der Waals surface area contributed by atoms with E-state index >= 15 is 0 Å². The van der Waals surface area contributed by atoms with E-state index in [1.165, 1.54) is 14.1 Å². The quantitative estimate of drug-likeness (QED) is 0.521. The first kappa shape index (κ1) is 11.1. The summed E-state index contributed by atoms with van der Waals surface area (Å²) in [6.07, 6.45) is -5.42. The summed E-state index contributed by atoms with van der Waals surface area (Å²) in [6, 6.07) is 0. The van der Waals surface area contributed by atoms with Crippen molar-refractivity contribution in [1.82, 2.24) is 3.92 Å². The van der Waals surface area contributed by atoms with Crippen LogP contribution >= 0.6 is 0 Å². The minimum atomic E-state index is -5.42. The van der Waals surface area contributed by atoms with Crippen molar-refractivity contribution in [2.45, 2.75) is 11.0 Å². The molecule has 0 aliphatic carbocycles. The van der Waals surface area contributed by atoms with Crippen LogP contribution in [0.25, 0.3) is 0 Å². The van der Waals surface area contributed by atoms with Crippen molar-refractivity contribution in [1.29, 1.82) is 0 Å². The zero-order valence-corrected chi connectivity index (χ0v) is 7.46. The first-order chi connectivity index (χ1) is 4.67. The van der Waals surface area contributed by atoms with Gasteiger partial charge >= 0.3 is 66.1 Å². The summed E-state index contributed by atoms with van der Waals surface area (Å²) in [6.45, 7) is 0. The molecule has 0 rings (SSSR count). The van der Waals surface area contributed by atoms with E-state index in [1.807, 2.05) is 0 Å². The molecule has 0 aromatic carbocycles. The van der Waals surface area contributed by atoms with Crippen molar-refractivity contribution in [3.05, 3.63) is 0 Å². The van der Waals surface area contributed by atoms with Crippen LogP contribution in [0.3, 0.4) is 0 Å². The molecule has 0 N–H and O–H groups in total. The molecule has 11 heavy (non-hydrogen) atoms. The molecule has 1 nitrogen and oxygen atoms in total. The van der Waals surface area contributed by atoms with Crippen LogP contribution in [0.4, 0.5) is 22.0 Å². The van der Waals surface area contributed by atoms with Gasteiger partial charge in [-0.25, -0.2) is 0 Å². The SMILES string of the molecule is CN(C)[Se]C(F)(F)C(F)(F)F. The molecule has 0 unspecified atom stereocenters. The van der Waals surface area contributed by atoms with Crippen LogP contribution in [-0.4, -0.2) is 44.2 Å². The van der Waals surface area contributed by atoms with Crippen LogP contribution in [0.2, 0.25) is 0 Å². The summed E-state index contributed by atoms with van der Waals surface area (Å²) in [5.41, 5.74) is 0. The molecular weight excluding hydrogens is 236 g/mol. The Bertz CT molecular complexity index is 131. The van der Waals surface area contributed by atoms with Gasteiger partial charge < -0.3 is 0 Å². The Hall–Kier alpha value is 0.129. The second kappa shape index (κ2) is 3.25. The topological polar surface area (TPSA) is 3.24 Å². The first-order valence-electron chi connectivity index (χ1n) is 2.48. The van der Waals surface area contributed by atoms with E-state index in [2.05, 4.69) is 0 Å². The fourth-order valence-electron chi connectivity index (χ4n) is 0.281. The van der Waals surface area contributed by atoms with Crippen molar-refractivity contribution < 1.29 is 22.0 Å². The third-order valence-corrected chi connectivity index (χ3v) is 2.36. The zero-order chi connectivity index (χ0) is 9.28. The van der Waals surface area contributed by atoms with Crippen molar-refractivity contribution in [3.8, 4) is 0 Å². The Morgan fingerprint density at radius 3 is 1.45 bits per heavy atom. The van der Waals surface area contributed by atoms with Crippen molar-refractivity contribution in [3.63, 3.8) is 0 Å². The van der Waals surface area contributed by atoms with Gasteiger partial charge in [0.05, 0.1) is 0 Å². The molecule has 0 aromatic heterocycles. The molecule has 0 bridgehead atoms. The molecule has 0 amide bonds. The van der Waals surface area contributed by atoms with E-state index in [0.29, 0.717) is 0 Å². The van der Waals surface area contributed by atoms with E-state index in [-0.39, 0.29) is 0 Å². The van der Waals surface area contributed by atoms with Gasteiger partial charge in [0.25, 0.3) is 0 Å². The standard InChI is InChI=1S/C4H6F5NSe/c1-10(2)11-4(8,9)3(5,6)7/h1-2H3. The minimum absolute atomic E-state index is 0.848. The predicted molar refractivity (Wildman–Crippen MR) is 30.4 cm³/mol. The normalized spacial score (nSPS) is 14.2. The number of nitrogens with zero attached hydrogens (tertiary/aromatic N) is 1. The summed E-state index contributed by atoms with van der Waals surface area (Å²) in [5, 5.41) is 0. The van der Waals surface area contributed by atoms with Gasteiger partial charge in [-0.2, -0.15) is 0 Å². The third-order valence-electron chi connectivity index (χ3n) is 0.627. The summed E-state index contributed by atoms with van der Waals surface area (Å²) in [7, 11) is 2.36. The van der Waals surface area contributed by atoms with Gasteiger partial charge in [-0.1, -0.05) is 0 Å². The van der Waals surface area contributed by atoms with E-state index in [9.17, 15) is 22.0 Å². The number of alkyl halides is 5. The Labute approximate surface area is 66.9 Å². The van der Waals surface area contributed by atoms with Gasteiger partial charge in [0.2, 0.25) is 0 Å². The Balaban J connectivity index is 4.22. The van der Waals surface area contributed by atoms with Gasteiger partial charge in [-0.3, -0.25) is 0 Å². The third kappa shape index (κ3) is 3.35. The molecule has 68 valence electrons. The van der Waals surface area contributed by atoms with Gasteiger partial charge in [0.15, 0.2) is 0 Å². The molecule has 0 saturated heterocycles. The fourth-order valence-corrected chi connectivity index (χ4v) is 1.46. The van der Waals surface area contributed by atoms with E-state index < -0.39 is 26.2 Å². The van der Waals surface area contributed by atoms with Gasteiger partial charge in [0.1, 0.15) is 0 Å². The van der Waals surface area contributed by atoms with Crippen molar-refractivity contribution >= 4 is 15.2 Å². The van der Waals surface area contributed by atoms with Crippen molar-refractivity contribution in [2.75, 3.05) is 14.1 Å². The maximum atomic E-state index is 12.0. The van der Waals surface area contributed by atoms with Crippen LogP contribution in [0, 0.1) is 0 Å². The molecule has 0 radical (unpaired) electrons. The Kier molecular flexibility index (Phi) is 3.28. The molecule has 0 aliphatic rings. The van der Waals surface area contributed by atoms with Gasteiger partial charge in [0, 0.05) is 0 Å². The molecular formula is C4H6F5NSe. The second-order valence-electron chi connectivity index (χ2n) is 1.92. The van der Waals surface area contributed by atoms with Gasteiger partial charge in [-0.15, -0.1) is 0 Å². The van der Waals surface area contributed by atoms with Crippen molar-refractivity contribution in [2.24, 2.45) is 0 Å². The number of halogens is 5. The van der Waals surface area contributed by atoms with Crippen LogP contribution in [0.5, 0.6) is 0 Å². The number of rotatable bonds is 2. The van der Waals surface area contributed by atoms with Crippen LogP contribution in [0.1, 0.15) is 0 Å². The molecule has 0 aromatic rings. The molecule has 7 heteroatoms. The molecule has 0 aliphatic heterocycles. The summed E-state index contributed by atoms with van der Waals surface area (Å²) in [5.74, 6) is 0. The molecule has 0 heterocycles. The molecule has 0 atom stereocenters. The number of hydrogen-bond donors (Lipinski definition) is 0. The summed E-state index contributed by atoms with van der Waals surface area (Å²) >= 11 is -1.87. The Morgan fingerprint density at radius 2 is 1.36 bits per heavy atom. The second-order valence-corrected chi connectivity index (χ2v) is 4.91. The summed E-state index contributed by atoms with van der Waals surface area (Å²) in [4.78, 5) is -4.55. The average molecular weight is 242 g/mol. The van der Waals surface area contributed by atoms with E-state index in [1.54, 1.807) is 0 Å². The molecule has 0 saturated carbocycles.